The maximum atomic E-state index is 11.9. The first kappa shape index (κ1) is 15.8. The van der Waals surface area contributed by atoms with Gasteiger partial charge in [0.25, 0.3) is 5.91 Å². The standard InChI is InChI=1S/C16H19BrN2O2/c1-12(21-15-9-5-8-14(17)10-15)16(20)19-18-11-13-6-3-2-4-7-13/h2-3,5,8-13H,4,6-7H2,1H3,(H,19,20)/b18-11-/t12-,13+/m0/s1. The Morgan fingerprint density at radius 3 is 3.10 bits per heavy atom. The van der Waals surface area contributed by atoms with Gasteiger partial charge in [0.15, 0.2) is 6.10 Å². The van der Waals surface area contributed by atoms with Crippen molar-refractivity contribution >= 4 is 28.1 Å². The number of nitrogens with one attached hydrogen (secondary N) is 1. The first-order valence-corrected chi connectivity index (χ1v) is 7.84. The topological polar surface area (TPSA) is 50.7 Å². The molecule has 112 valence electrons. The normalized spacial score (nSPS) is 19.4. The third-order valence-corrected chi connectivity index (χ3v) is 3.74. The van der Waals surface area contributed by atoms with Crippen molar-refractivity contribution in [2.45, 2.75) is 32.3 Å². The second kappa shape index (κ2) is 7.98. The fourth-order valence-corrected chi connectivity index (χ4v) is 2.43. The van der Waals surface area contributed by atoms with E-state index in [1.54, 1.807) is 6.92 Å². The highest BCUT2D eigenvalue weighted by Crippen LogP contribution is 2.19. The minimum atomic E-state index is -0.595. The molecule has 0 fully saturated rings. The molecule has 0 bridgehead atoms. The number of allylic oxidation sites excluding steroid dienone is 2. The zero-order valence-electron chi connectivity index (χ0n) is 12.0. The molecule has 0 unspecified atom stereocenters. The third-order valence-electron chi connectivity index (χ3n) is 3.25. The molecule has 4 nitrogen and oxygen atoms in total. The molecule has 1 aliphatic carbocycles. The molecule has 0 aliphatic heterocycles. The number of carbonyl (C=O) groups excluding carboxylic acids is 1. The van der Waals surface area contributed by atoms with Crippen LogP contribution in [0.3, 0.4) is 0 Å². The summed E-state index contributed by atoms with van der Waals surface area (Å²) >= 11 is 3.37. The molecule has 0 saturated heterocycles. The number of amides is 1. The third kappa shape index (κ3) is 5.34. The molecule has 1 aliphatic rings. The first-order valence-electron chi connectivity index (χ1n) is 7.05. The summed E-state index contributed by atoms with van der Waals surface area (Å²) in [4.78, 5) is 11.9. The highest BCUT2D eigenvalue weighted by atomic mass is 79.9. The summed E-state index contributed by atoms with van der Waals surface area (Å²) in [6.45, 7) is 1.70. The number of carbonyl (C=O) groups is 1. The highest BCUT2D eigenvalue weighted by molar-refractivity contribution is 9.10. The number of hydrogen-bond donors (Lipinski definition) is 1. The van der Waals surface area contributed by atoms with Crippen LogP contribution in [-0.4, -0.2) is 18.2 Å². The lowest BCUT2D eigenvalue weighted by Crippen LogP contribution is -2.33. The van der Waals surface area contributed by atoms with Crippen molar-refractivity contribution in [3.8, 4) is 5.75 Å². The van der Waals surface area contributed by atoms with E-state index in [9.17, 15) is 4.79 Å². The van der Waals surface area contributed by atoms with E-state index < -0.39 is 6.10 Å². The Morgan fingerprint density at radius 2 is 2.38 bits per heavy atom. The number of benzene rings is 1. The molecule has 2 rings (SSSR count). The van der Waals surface area contributed by atoms with Gasteiger partial charge in [0.1, 0.15) is 5.75 Å². The smallest absolute Gasteiger partial charge is 0.280 e. The Labute approximate surface area is 133 Å². The second-order valence-corrected chi connectivity index (χ2v) is 5.93. The van der Waals surface area contributed by atoms with Gasteiger partial charge in [-0.3, -0.25) is 4.79 Å². The Kier molecular flexibility index (Phi) is 5.99. The van der Waals surface area contributed by atoms with Crippen LogP contribution >= 0.6 is 15.9 Å². The molecule has 1 N–H and O–H groups in total. The highest BCUT2D eigenvalue weighted by Gasteiger charge is 2.14. The van der Waals surface area contributed by atoms with Gasteiger partial charge >= 0.3 is 0 Å². The van der Waals surface area contributed by atoms with E-state index in [2.05, 4.69) is 38.6 Å². The molecule has 0 aromatic heterocycles. The van der Waals surface area contributed by atoms with Crippen LogP contribution < -0.4 is 10.2 Å². The molecular weight excluding hydrogens is 332 g/mol. The zero-order valence-corrected chi connectivity index (χ0v) is 13.5. The van der Waals surface area contributed by atoms with Gasteiger partial charge in [-0.1, -0.05) is 34.1 Å². The van der Waals surface area contributed by atoms with Crippen molar-refractivity contribution < 1.29 is 9.53 Å². The molecule has 0 radical (unpaired) electrons. The summed E-state index contributed by atoms with van der Waals surface area (Å²) in [5.74, 6) is 0.808. The number of hydrogen-bond acceptors (Lipinski definition) is 3. The number of hydrazone groups is 1. The first-order chi connectivity index (χ1) is 10.1. The molecule has 5 heteroatoms. The molecular formula is C16H19BrN2O2. The van der Waals surface area contributed by atoms with Crippen molar-refractivity contribution in [2.24, 2.45) is 11.0 Å². The van der Waals surface area contributed by atoms with E-state index in [-0.39, 0.29) is 5.91 Å². The number of rotatable bonds is 5. The average molecular weight is 351 g/mol. The van der Waals surface area contributed by atoms with Gasteiger partial charge < -0.3 is 4.74 Å². The molecule has 21 heavy (non-hydrogen) atoms. The Balaban J connectivity index is 1.79. The van der Waals surface area contributed by atoms with Crippen molar-refractivity contribution in [2.75, 3.05) is 0 Å². The predicted molar refractivity (Wildman–Crippen MR) is 87.3 cm³/mol. The fourth-order valence-electron chi connectivity index (χ4n) is 2.05. The van der Waals surface area contributed by atoms with E-state index >= 15 is 0 Å². The number of ether oxygens (including phenoxy) is 1. The van der Waals surface area contributed by atoms with Gasteiger partial charge in [0.05, 0.1) is 0 Å². The second-order valence-electron chi connectivity index (χ2n) is 5.02. The van der Waals surface area contributed by atoms with Crippen molar-refractivity contribution in [1.29, 1.82) is 0 Å². The van der Waals surface area contributed by atoms with Crippen LogP contribution in [0.2, 0.25) is 0 Å². The number of nitrogens with zero attached hydrogens (tertiary/aromatic N) is 1. The predicted octanol–water partition coefficient (Wildman–Crippen LogP) is 3.67. The van der Waals surface area contributed by atoms with E-state index in [0.717, 1.165) is 23.7 Å². The molecule has 1 amide bonds. The minimum absolute atomic E-state index is 0.252. The van der Waals surface area contributed by atoms with Gasteiger partial charge in [0.2, 0.25) is 0 Å². The fraction of sp³-hybridized carbons (Fsp3) is 0.375. The van der Waals surface area contributed by atoms with Crippen LogP contribution in [0.15, 0.2) is 46.0 Å². The van der Waals surface area contributed by atoms with Crippen LogP contribution in [0.4, 0.5) is 0 Å². The van der Waals surface area contributed by atoms with E-state index in [4.69, 9.17) is 4.74 Å². The zero-order chi connectivity index (χ0) is 15.1. The molecule has 1 aromatic rings. The SMILES string of the molecule is C[C@H](Oc1cccc(Br)c1)C(=O)N/N=C\[C@@H]1CC=CCC1. The summed E-state index contributed by atoms with van der Waals surface area (Å²) in [5, 5.41) is 4.03. The van der Waals surface area contributed by atoms with Gasteiger partial charge in [-0.05, 0) is 50.3 Å². The van der Waals surface area contributed by atoms with Gasteiger partial charge in [-0.25, -0.2) is 5.43 Å². The van der Waals surface area contributed by atoms with Crippen LogP contribution in [0.5, 0.6) is 5.75 Å². The van der Waals surface area contributed by atoms with E-state index in [1.807, 2.05) is 30.5 Å². The molecule has 2 atom stereocenters. The summed E-state index contributed by atoms with van der Waals surface area (Å²) in [6.07, 6.45) is 8.70. The average Bonchev–Trinajstić information content (AvgIpc) is 2.48. The maximum absolute atomic E-state index is 11.9. The summed E-state index contributed by atoms with van der Waals surface area (Å²) in [5.41, 5.74) is 2.53. The summed E-state index contributed by atoms with van der Waals surface area (Å²) < 4.78 is 6.49. The maximum Gasteiger partial charge on any atom is 0.280 e. The summed E-state index contributed by atoms with van der Waals surface area (Å²) in [6, 6.07) is 7.40. The lowest BCUT2D eigenvalue weighted by Gasteiger charge is -2.14. The molecule has 1 aromatic carbocycles. The minimum Gasteiger partial charge on any atom is -0.481 e. The summed E-state index contributed by atoms with van der Waals surface area (Å²) in [7, 11) is 0. The van der Waals surface area contributed by atoms with Crippen molar-refractivity contribution in [3.63, 3.8) is 0 Å². The Morgan fingerprint density at radius 1 is 1.52 bits per heavy atom. The van der Waals surface area contributed by atoms with Crippen LogP contribution in [0, 0.1) is 5.92 Å². The van der Waals surface area contributed by atoms with E-state index in [0.29, 0.717) is 11.7 Å². The van der Waals surface area contributed by atoms with Gasteiger partial charge in [0, 0.05) is 10.7 Å². The largest absolute Gasteiger partial charge is 0.481 e. The molecule has 0 heterocycles. The van der Waals surface area contributed by atoms with Crippen LogP contribution in [-0.2, 0) is 4.79 Å². The molecule has 0 spiro atoms. The van der Waals surface area contributed by atoms with Crippen molar-refractivity contribution in [3.05, 3.63) is 40.9 Å². The van der Waals surface area contributed by atoms with Crippen LogP contribution in [0.1, 0.15) is 26.2 Å². The molecule has 0 saturated carbocycles. The Bertz CT molecular complexity index is 543. The number of halogens is 1. The van der Waals surface area contributed by atoms with E-state index in [1.165, 1.54) is 0 Å². The van der Waals surface area contributed by atoms with Gasteiger partial charge in [-0.2, -0.15) is 5.10 Å². The van der Waals surface area contributed by atoms with Gasteiger partial charge in [-0.15, -0.1) is 0 Å². The van der Waals surface area contributed by atoms with Crippen molar-refractivity contribution in [1.82, 2.24) is 5.43 Å². The lowest BCUT2D eigenvalue weighted by atomic mass is 9.96. The Hall–Kier alpha value is -1.62. The monoisotopic (exact) mass is 350 g/mol. The van der Waals surface area contributed by atoms with Crippen LogP contribution in [0.25, 0.3) is 0 Å². The quantitative estimate of drug-likeness (QED) is 0.500. The lowest BCUT2D eigenvalue weighted by molar-refractivity contribution is -0.127.